The number of aromatic nitrogens is 4. The summed E-state index contributed by atoms with van der Waals surface area (Å²) in [5.74, 6) is -0.535. The highest BCUT2D eigenvalue weighted by atomic mass is 32.1. The first-order chi connectivity index (χ1) is 14.9. The smallest absolute Gasteiger partial charge is 0.383 e. The van der Waals surface area contributed by atoms with E-state index in [2.05, 4.69) is 15.3 Å². The predicted molar refractivity (Wildman–Crippen MR) is 110 cm³/mol. The van der Waals surface area contributed by atoms with Crippen molar-refractivity contribution in [3.63, 3.8) is 0 Å². The first-order valence-electron chi connectivity index (χ1n) is 9.14. The maximum absolute atomic E-state index is 13.3. The molecule has 7 nitrogen and oxygen atoms in total. The Morgan fingerprint density at radius 1 is 1.16 bits per heavy atom. The Morgan fingerprint density at radius 2 is 1.90 bits per heavy atom. The lowest BCUT2D eigenvalue weighted by atomic mass is 10.1. The van der Waals surface area contributed by atoms with Crippen LogP contribution < -0.4 is 4.90 Å². The molecule has 0 aliphatic rings. The van der Waals surface area contributed by atoms with Gasteiger partial charge in [-0.2, -0.15) is 13.2 Å². The predicted octanol–water partition coefficient (Wildman–Crippen LogP) is 4.19. The number of benzene rings is 2. The van der Waals surface area contributed by atoms with Crippen LogP contribution in [0.3, 0.4) is 0 Å². The minimum Gasteiger partial charge on any atom is -0.383 e. The third-order valence-corrected chi connectivity index (χ3v) is 5.51. The number of rotatable bonds is 6. The van der Waals surface area contributed by atoms with Crippen molar-refractivity contribution < 1.29 is 22.7 Å². The number of thiazole rings is 1. The van der Waals surface area contributed by atoms with Gasteiger partial charge >= 0.3 is 6.18 Å². The van der Waals surface area contributed by atoms with E-state index in [1.165, 1.54) is 47.7 Å². The number of para-hydroxylation sites is 2. The van der Waals surface area contributed by atoms with E-state index in [0.717, 1.165) is 21.0 Å². The fraction of sp³-hybridized carbons (Fsp3) is 0.200. The van der Waals surface area contributed by atoms with Crippen LogP contribution in [0.25, 0.3) is 15.9 Å². The van der Waals surface area contributed by atoms with Crippen LogP contribution >= 0.6 is 11.3 Å². The van der Waals surface area contributed by atoms with Gasteiger partial charge in [-0.05, 0) is 24.3 Å². The first-order valence-corrected chi connectivity index (χ1v) is 9.95. The molecule has 0 radical (unpaired) electrons. The highest BCUT2D eigenvalue weighted by Crippen LogP contribution is 2.33. The molecule has 0 saturated heterocycles. The molecule has 160 valence electrons. The number of carbonyl (C=O) groups is 1. The van der Waals surface area contributed by atoms with Gasteiger partial charge in [-0.1, -0.05) is 40.8 Å². The molecular weight excluding hydrogens is 431 g/mol. The van der Waals surface area contributed by atoms with E-state index in [4.69, 9.17) is 4.74 Å². The second-order valence-electron chi connectivity index (χ2n) is 6.48. The van der Waals surface area contributed by atoms with Crippen LogP contribution in [0.1, 0.15) is 16.1 Å². The van der Waals surface area contributed by atoms with Crippen molar-refractivity contribution in [2.45, 2.75) is 6.18 Å². The number of halogens is 3. The molecule has 31 heavy (non-hydrogen) atoms. The fourth-order valence-electron chi connectivity index (χ4n) is 2.97. The molecule has 2 aromatic heterocycles. The number of hydrogen-bond donors (Lipinski definition) is 0. The standard InChI is InChI=1S/C20H16F3N5O2S/c1-30-11-10-27(19-24-14-7-3-5-9-17(14)31-19)18(29)15-12-28(26-25-15)16-8-4-2-6-13(16)20(21,22)23/h2-9,12H,10-11H2,1H3. The summed E-state index contributed by atoms with van der Waals surface area (Å²) in [6.45, 7) is 0.438. The van der Waals surface area contributed by atoms with Gasteiger partial charge in [0, 0.05) is 7.11 Å². The molecule has 4 aromatic rings. The van der Waals surface area contributed by atoms with Crippen LogP contribution in [-0.2, 0) is 10.9 Å². The summed E-state index contributed by atoms with van der Waals surface area (Å²) in [5.41, 5.74) is -0.459. The zero-order valence-corrected chi connectivity index (χ0v) is 17.0. The molecule has 11 heteroatoms. The minimum absolute atomic E-state index is 0.104. The molecule has 2 heterocycles. The highest BCUT2D eigenvalue weighted by Gasteiger charge is 2.34. The van der Waals surface area contributed by atoms with E-state index in [1.807, 2.05) is 24.3 Å². The van der Waals surface area contributed by atoms with Crippen molar-refractivity contribution in [1.82, 2.24) is 20.0 Å². The summed E-state index contributed by atoms with van der Waals surface area (Å²) in [4.78, 5) is 19.0. The fourth-order valence-corrected chi connectivity index (χ4v) is 3.96. The molecule has 0 N–H and O–H groups in total. The van der Waals surface area contributed by atoms with Crippen LogP contribution in [0.2, 0.25) is 0 Å². The largest absolute Gasteiger partial charge is 0.418 e. The van der Waals surface area contributed by atoms with Gasteiger partial charge in [0.2, 0.25) is 0 Å². The lowest BCUT2D eigenvalue weighted by Crippen LogP contribution is -2.34. The number of amides is 1. The molecule has 0 unspecified atom stereocenters. The Bertz CT molecular complexity index is 1190. The van der Waals surface area contributed by atoms with Gasteiger partial charge in [0.25, 0.3) is 5.91 Å². The molecule has 0 bridgehead atoms. The monoisotopic (exact) mass is 447 g/mol. The molecule has 4 rings (SSSR count). The van der Waals surface area contributed by atoms with Crippen LogP contribution in [0.5, 0.6) is 0 Å². The molecular formula is C20H16F3N5O2S. The van der Waals surface area contributed by atoms with Crippen molar-refractivity contribution in [2.75, 3.05) is 25.2 Å². The highest BCUT2D eigenvalue weighted by molar-refractivity contribution is 7.22. The number of methoxy groups -OCH3 is 1. The van der Waals surface area contributed by atoms with Gasteiger partial charge in [-0.25, -0.2) is 9.67 Å². The summed E-state index contributed by atoms with van der Waals surface area (Å²) < 4.78 is 46.9. The number of hydrogen-bond acceptors (Lipinski definition) is 6. The second kappa shape index (κ2) is 8.44. The van der Waals surface area contributed by atoms with Crippen LogP contribution in [0.15, 0.2) is 54.7 Å². The molecule has 0 saturated carbocycles. The Balaban J connectivity index is 1.69. The quantitative estimate of drug-likeness (QED) is 0.443. The summed E-state index contributed by atoms with van der Waals surface area (Å²) in [6.07, 6.45) is -3.39. The molecule has 0 atom stereocenters. The number of carbonyl (C=O) groups excluding carboxylic acids is 1. The zero-order valence-electron chi connectivity index (χ0n) is 16.2. The van der Waals surface area contributed by atoms with Crippen molar-refractivity contribution in [2.24, 2.45) is 0 Å². The van der Waals surface area contributed by atoms with Gasteiger partial charge in [-0.3, -0.25) is 9.69 Å². The summed E-state index contributed by atoms with van der Waals surface area (Å²) in [7, 11) is 1.51. The van der Waals surface area contributed by atoms with Gasteiger partial charge in [0.15, 0.2) is 10.8 Å². The van der Waals surface area contributed by atoms with Crippen molar-refractivity contribution in [3.8, 4) is 5.69 Å². The number of nitrogens with zero attached hydrogens (tertiary/aromatic N) is 5. The normalized spacial score (nSPS) is 11.7. The third kappa shape index (κ3) is 4.28. The Kier molecular flexibility index (Phi) is 5.70. The van der Waals surface area contributed by atoms with Crippen LogP contribution in [0.4, 0.5) is 18.3 Å². The van der Waals surface area contributed by atoms with Crippen molar-refractivity contribution in [3.05, 3.63) is 66.0 Å². The molecule has 2 aromatic carbocycles. The van der Waals surface area contributed by atoms with E-state index >= 15 is 0 Å². The van der Waals surface area contributed by atoms with Crippen LogP contribution in [-0.4, -0.2) is 46.1 Å². The Morgan fingerprint density at radius 3 is 2.65 bits per heavy atom. The number of alkyl halides is 3. The topological polar surface area (TPSA) is 73.1 Å². The van der Waals surface area contributed by atoms with Gasteiger partial charge in [-0.15, -0.1) is 5.10 Å². The van der Waals surface area contributed by atoms with E-state index in [-0.39, 0.29) is 24.5 Å². The molecule has 0 aliphatic heterocycles. The summed E-state index contributed by atoms with van der Waals surface area (Å²) in [5, 5.41) is 8.00. The minimum atomic E-state index is -4.57. The van der Waals surface area contributed by atoms with Gasteiger partial charge in [0.1, 0.15) is 0 Å². The molecule has 0 spiro atoms. The number of ether oxygens (including phenoxy) is 1. The SMILES string of the molecule is COCCN(C(=O)c1cn(-c2ccccc2C(F)(F)F)nn1)c1nc2ccccc2s1. The summed E-state index contributed by atoms with van der Waals surface area (Å²) in [6, 6.07) is 12.4. The Labute approximate surface area is 178 Å². The molecule has 0 aliphatic carbocycles. The van der Waals surface area contributed by atoms with Gasteiger partial charge < -0.3 is 4.74 Å². The van der Waals surface area contributed by atoms with Gasteiger partial charge in [0.05, 0.1) is 40.8 Å². The lowest BCUT2D eigenvalue weighted by Gasteiger charge is -2.17. The Hall–Kier alpha value is -3.31. The van der Waals surface area contributed by atoms with E-state index in [9.17, 15) is 18.0 Å². The van der Waals surface area contributed by atoms with E-state index < -0.39 is 17.6 Å². The molecule has 0 fully saturated rings. The van der Waals surface area contributed by atoms with Crippen molar-refractivity contribution in [1.29, 1.82) is 0 Å². The maximum Gasteiger partial charge on any atom is 0.418 e. The van der Waals surface area contributed by atoms with Crippen LogP contribution in [0, 0.1) is 0 Å². The summed E-state index contributed by atoms with van der Waals surface area (Å²) >= 11 is 1.32. The number of anilines is 1. The van der Waals surface area contributed by atoms with E-state index in [0.29, 0.717) is 5.13 Å². The molecule has 1 amide bonds. The average Bonchev–Trinajstić information content (AvgIpc) is 3.40. The lowest BCUT2D eigenvalue weighted by molar-refractivity contribution is -0.137. The maximum atomic E-state index is 13.3. The van der Waals surface area contributed by atoms with Crippen molar-refractivity contribution >= 4 is 32.6 Å². The second-order valence-corrected chi connectivity index (χ2v) is 7.49. The van der Waals surface area contributed by atoms with E-state index in [1.54, 1.807) is 0 Å². The first kappa shape index (κ1) is 20.9. The number of fused-ring (bicyclic) bond motifs is 1. The third-order valence-electron chi connectivity index (χ3n) is 4.45. The average molecular weight is 447 g/mol. The zero-order chi connectivity index (χ0) is 22.0.